The molecule has 0 amide bonds. The molecule has 0 radical (unpaired) electrons. The Hall–Kier alpha value is -0.400. The van der Waals surface area contributed by atoms with E-state index >= 15 is 0 Å². The Bertz CT molecular complexity index is 723. The van der Waals surface area contributed by atoms with E-state index in [1.54, 1.807) is 22.7 Å². The van der Waals surface area contributed by atoms with Gasteiger partial charge in [-0.05, 0) is 37.3 Å². The van der Waals surface area contributed by atoms with Crippen LogP contribution in [0.1, 0.15) is 67.3 Å². The van der Waals surface area contributed by atoms with Gasteiger partial charge in [-0.3, -0.25) is 0 Å². The van der Waals surface area contributed by atoms with Gasteiger partial charge < -0.3 is 14.8 Å². The zero-order valence-corrected chi connectivity index (χ0v) is 20.2. The van der Waals surface area contributed by atoms with Crippen molar-refractivity contribution in [2.24, 2.45) is 5.92 Å². The van der Waals surface area contributed by atoms with Gasteiger partial charge in [0.25, 0.3) is 0 Å². The van der Waals surface area contributed by atoms with Crippen molar-refractivity contribution >= 4 is 33.8 Å². The van der Waals surface area contributed by atoms with E-state index < -0.39 is 5.97 Å². The molecule has 1 aliphatic carbocycles. The van der Waals surface area contributed by atoms with E-state index in [0.717, 1.165) is 17.5 Å². The van der Waals surface area contributed by atoms with Crippen molar-refractivity contribution < 1.29 is 39.5 Å². The van der Waals surface area contributed by atoms with E-state index in [1.165, 1.54) is 41.1 Å². The number of aryl methyl sites for hydroxylation is 1. The van der Waals surface area contributed by atoms with Gasteiger partial charge in [0.05, 0.1) is 12.2 Å². The molecule has 0 bridgehead atoms. The maximum Gasteiger partial charge on any atom is 1.00 e. The Morgan fingerprint density at radius 3 is 2.59 bits per heavy atom. The average Bonchev–Trinajstić information content (AvgIpc) is 3.28. The Morgan fingerprint density at radius 2 is 1.96 bits per heavy atom. The molecule has 142 valence electrons. The Kier molecular flexibility index (Phi) is 9.29. The fraction of sp³-hybridized carbons (Fsp3) is 0.600. The van der Waals surface area contributed by atoms with Crippen LogP contribution in [0.2, 0.25) is 0 Å². The molecule has 1 fully saturated rings. The first-order valence-corrected chi connectivity index (χ1v) is 11.2. The number of anilines is 1. The van der Waals surface area contributed by atoms with Gasteiger partial charge in [-0.15, -0.1) is 22.7 Å². The summed E-state index contributed by atoms with van der Waals surface area (Å²) in [6, 6.07) is 4.31. The van der Waals surface area contributed by atoms with Crippen LogP contribution in [0.25, 0.3) is 0 Å². The minimum absolute atomic E-state index is 0. The van der Waals surface area contributed by atoms with Crippen molar-refractivity contribution in [1.82, 2.24) is 4.98 Å². The molecule has 1 saturated carbocycles. The van der Waals surface area contributed by atoms with Crippen molar-refractivity contribution in [3.8, 4) is 0 Å². The number of carboxylic acids is 1. The number of aliphatic carboxylic acids is 1. The number of carboxylic acid groups (broad SMARTS) is 1. The van der Waals surface area contributed by atoms with Gasteiger partial charge >= 0.3 is 29.6 Å². The van der Waals surface area contributed by atoms with Gasteiger partial charge in [-0.1, -0.05) is 26.7 Å². The number of carbonyl (C=O) groups excluding carboxylic acids is 1. The van der Waals surface area contributed by atoms with Crippen LogP contribution in [0, 0.1) is 5.92 Å². The number of aromatic nitrogens is 1. The Labute approximate surface area is 192 Å². The molecule has 0 N–H and O–H groups in total. The van der Waals surface area contributed by atoms with E-state index in [4.69, 9.17) is 4.98 Å². The zero-order valence-electron chi connectivity index (χ0n) is 16.6. The summed E-state index contributed by atoms with van der Waals surface area (Å²) in [5.41, 5.74) is 1.19. The fourth-order valence-electron chi connectivity index (χ4n) is 3.52. The Balaban J connectivity index is 0.00000261. The van der Waals surface area contributed by atoms with E-state index in [9.17, 15) is 9.90 Å². The summed E-state index contributed by atoms with van der Waals surface area (Å²) in [7, 11) is 0. The summed E-state index contributed by atoms with van der Waals surface area (Å²) in [5.74, 6) is 0.386. The second-order valence-corrected chi connectivity index (χ2v) is 9.37. The summed E-state index contributed by atoms with van der Waals surface area (Å²) in [4.78, 5) is 20.6. The van der Waals surface area contributed by atoms with Crippen LogP contribution in [-0.4, -0.2) is 17.5 Å². The number of carbonyl (C=O) groups is 1. The summed E-state index contributed by atoms with van der Waals surface area (Å²) < 4.78 is 0. The number of hydrogen-bond donors (Lipinski definition) is 0. The third-order valence-corrected chi connectivity index (χ3v) is 7.35. The largest absolute Gasteiger partial charge is 1.00 e. The van der Waals surface area contributed by atoms with Gasteiger partial charge in [-0.25, -0.2) is 4.98 Å². The van der Waals surface area contributed by atoms with Crippen molar-refractivity contribution in [3.05, 3.63) is 33.0 Å². The number of thiophene rings is 1. The predicted molar refractivity (Wildman–Crippen MR) is 107 cm³/mol. The van der Waals surface area contributed by atoms with Gasteiger partial charge in [-0.2, -0.15) is 0 Å². The van der Waals surface area contributed by atoms with E-state index in [1.807, 2.05) is 0 Å². The van der Waals surface area contributed by atoms with Crippen molar-refractivity contribution in [2.45, 2.75) is 64.8 Å². The summed E-state index contributed by atoms with van der Waals surface area (Å²) >= 11 is 3.44. The molecular weight excluding hydrogens is 387 g/mol. The normalized spacial score (nSPS) is 19.5. The minimum atomic E-state index is -1.01. The molecule has 3 rings (SSSR count). The monoisotopic (exact) mass is 414 g/mol. The predicted octanol–water partition coefficient (Wildman–Crippen LogP) is 1.21. The average molecular weight is 415 g/mol. The van der Waals surface area contributed by atoms with Crippen LogP contribution in [0.15, 0.2) is 17.5 Å². The molecule has 7 heteroatoms. The molecular formula is C20H27N2NaO2S2. The number of rotatable bonds is 8. The van der Waals surface area contributed by atoms with Crippen molar-refractivity contribution in [1.29, 1.82) is 0 Å². The smallest absolute Gasteiger partial charge is 0.550 e. The maximum atomic E-state index is 11.0. The van der Waals surface area contributed by atoms with E-state index in [2.05, 4.69) is 36.3 Å². The molecule has 0 spiro atoms. The first-order chi connectivity index (χ1) is 12.5. The second-order valence-electron chi connectivity index (χ2n) is 7.28. The third kappa shape index (κ3) is 6.57. The van der Waals surface area contributed by atoms with Crippen LogP contribution >= 0.6 is 22.7 Å². The fourth-order valence-corrected chi connectivity index (χ4v) is 5.43. The van der Waals surface area contributed by atoms with Gasteiger partial charge in [0.15, 0.2) is 5.13 Å². The number of nitrogens with zero attached hydrogens (tertiary/aromatic N) is 2. The molecule has 0 aliphatic heterocycles. The van der Waals surface area contributed by atoms with Crippen LogP contribution < -0.4 is 39.6 Å². The maximum absolute atomic E-state index is 11.0. The summed E-state index contributed by atoms with van der Waals surface area (Å²) in [6.07, 6.45) is 6.05. The molecule has 27 heavy (non-hydrogen) atoms. The second kappa shape index (κ2) is 11.0. The number of hydrogen-bond acceptors (Lipinski definition) is 6. The molecule has 4 nitrogen and oxygen atoms in total. The van der Waals surface area contributed by atoms with E-state index in [-0.39, 0.29) is 36.0 Å². The van der Waals surface area contributed by atoms with Gasteiger partial charge in [0, 0.05) is 40.0 Å². The standard InChI is InChI=1S/C20H28N2O2S2.Na/c1-3-16-8-9-17(26-16)12-22(11-10-19(23)24)20-21-18(13-25-20)15-6-4-14(2)5-7-15;/h8-9,13-15H,3-7,10-12H2,1-2H3,(H,23,24);/q;+1/p-1. The van der Waals surface area contributed by atoms with E-state index in [0.29, 0.717) is 19.0 Å². The summed E-state index contributed by atoms with van der Waals surface area (Å²) in [5, 5.41) is 14.1. The van der Waals surface area contributed by atoms with Crippen LogP contribution in [0.4, 0.5) is 5.13 Å². The first-order valence-electron chi connectivity index (χ1n) is 9.53. The molecule has 2 aromatic rings. The number of thiazole rings is 1. The topological polar surface area (TPSA) is 56.3 Å². The quantitative estimate of drug-likeness (QED) is 0.610. The summed E-state index contributed by atoms with van der Waals surface area (Å²) in [6.45, 7) is 5.64. The minimum Gasteiger partial charge on any atom is -0.550 e. The van der Waals surface area contributed by atoms with Crippen LogP contribution in [0.3, 0.4) is 0 Å². The van der Waals surface area contributed by atoms with Crippen molar-refractivity contribution in [3.63, 3.8) is 0 Å². The molecule has 2 heterocycles. The zero-order chi connectivity index (χ0) is 18.5. The van der Waals surface area contributed by atoms with Crippen LogP contribution in [0.5, 0.6) is 0 Å². The Morgan fingerprint density at radius 1 is 1.26 bits per heavy atom. The molecule has 1 aliphatic rings. The third-order valence-electron chi connectivity index (χ3n) is 5.21. The molecule has 2 aromatic heterocycles. The van der Waals surface area contributed by atoms with Crippen LogP contribution in [-0.2, 0) is 17.8 Å². The molecule has 0 unspecified atom stereocenters. The molecule has 0 atom stereocenters. The first kappa shape index (κ1) is 22.9. The van der Waals surface area contributed by atoms with Gasteiger partial charge in [0.2, 0.25) is 0 Å². The SMILES string of the molecule is CCc1ccc(CN(CCC(=O)[O-])c2nc(C3CCC(C)CC3)cs2)s1.[Na+]. The molecule has 0 saturated heterocycles. The van der Waals surface area contributed by atoms with Gasteiger partial charge in [0.1, 0.15) is 0 Å². The molecule has 0 aromatic carbocycles. The van der Waals surface area contributed by atoms with Crippen molar-refractivity contribution in [2.75, 3.05) is 11.4 Å².